The van der Waals surface area contributed by atoms with E-state index in [-0.39, 0.29) is 12.0 Å². The van der Waals surface area contributed by atoms with Crippen LogP contribution in [0.5, 0.6) is 0 Å². The predicted octanol–water partition coefficient (Wildman–Crippen LogP) is 1.52. The van der Waals surface area contributed by atoms with Crippen molar-refractivity contribution in [2.45, 2.75) is 51.8 Å². The lowest BCUT2D eigenvalue weighted by molar-refractivity contribution is -0.145. The molecule has 2 heterocycles. The van der Waals surface area contributed by atoms with Gasteiger partial charge in [-0.3, -0.25) is 9.69 Å². The molecule has 0 aromatic carbocycles. The number of esters is 1. The van der Waals surface area contributed by atoms with Gasteiger partial charge < -0.3 is 14.0 Å². The fourth-order valence-corrected chi connectivity index (χ4v) is 2.63. The molecule has 0 N–H and O–H groups in total. The van der Waals surface area contributed by atoms with E-state index in [1.54, 1.807) is 7.11 Å². The average Bonchev–Trinajstić information content (AvgIpc) is 2.89. The number of nitrogens with zero attached hydrogens (tertiary/aromatic N) is 3. The molecule has 2 rings (SSSR count). The first-order valence-electron chi connectivity index (χ1n) is 7.43. The molecule has 0 spiro atoms. The van der Waals surface area contributed by atoms with E-state index in [9.17, 15) is 4.79 Å². The number of ether oxygens (including phenoxy) is 2. The van der Waals surface area contributed by atoms with Crippen molar-refractivity contribution in [3.8, 4) is 0 Å². The van der Waals surface area contributed by atoms with E-state index in [4.69, 9.17) is 14.0 Å². The quantitative estimate of drug-likeness (QED) is 0.706. The van der Waals surface area contributed by atoms with Gasteiger partial charge in [-0.1, -0.05) is 11.6 Å². The minimum absolute atomic E-state index is 0.139. The van der Waals surface area contributed by atoms with Crippen LogP contribution in [0.4, 0.5) is 0 Å². The van der Waals surface area contributed by atoms with Gasteiger partial charge in [0.25, 0.3) is 0 Å². The third-order valence-electron chi connectivity index (χ3n) is 3.58. The molecule has 7 nitrogen and oxygen atoms in total. The van der Waals surface area contributed by atoms with Gasteiger partial charge in [-0.2, -0.15) is 4.98 Å². The number of methoxy groups -OCH3 is 1. The number of hydrogen-bond donors (Lipinski definition) is 0. The molecule has 0 amide bonds. The Balaban J connectivity index is 1.92. The molecule has 0 bridgehead atoms. The maximum atomic E-state index is 11.7. The molecule has 1 aromatic rings. The summed E-state index contributed by atoms with van der Waals surface area (Å²) < 4.78 is 15.2. The van der Waals surface area contributed by atoms with Crippen LogP contribution < -0.4 is 0 Å². The molecule has 1 aliphatic rings. The lowest BCUT2D eigenvalue weighted by Gasteiger charge is -2.34. The van der Waals surface area contributed by atoms with Crippen molar-refractivity contribution in [2.75, 3.05) is 20.3 Å². The summed E-state index contributed by atoms with van der Waals surface area (Å²) in [5, 5.41) is 3.86. The summed E-state index contributed by atoms with van der Waals surface area (Å²) in [7, 11) is 1.59. The zero-order valence-corrected chi connectivity index (χ0v) is 12.7. The second-order valence-electron chi connectivity index (χ2n) is 5.17. The Morgan fingerprint density at radius 1 is 1.48 bits per heavy atom. The number of hydrogen-bond acceptors (Lipinski definition) is 7. The largest absolute Gasteiger partial charge is 0.466 e. The summed E-state index contributed by atoms with van der Waals surface area (Å²) in [6, 6.07) is 0.190. The van der Waals surface area contributed by atoms with Crippen LogP contribution in [0.2, 0.25) is 0 Å². The summed E-state index contributed by atoms with van der Waals surface area (Å²) >= 11 is 0. The highest BCUT2D eigenvalue weighted by molar-refractivity contribution is 5.70. The summed E-state index contributed by atoms with van der Waals surface area (Å²) in [6.45, 7) is 4.10. The van der Waals surface area contributed by atoms with Crippen molar-refractivity contribution in [3.63, 3.8) is 0 Å². The second-order valence-corrected chi connectivity index (χ2v) is 5.17. The van der Waals surface area contributed by atoms with E-state index in [1.165, 1.54) is 0 Å². The molecule has 0 radical (unpaired) electrons. The molecule has 118 valence electrons. The Labute approximate surface area is 124 Å². The molecule has 0 aliphatic carbocycles. The summed E-state index contributed by atoms with van der Waals surface area (Å²) in [5.74, 6) is 0.976. The molecule has 1 saturated heterocycles. The maximum Gasteiger partial charge on any atom is 0.307 e. The van der Waals surface area contributed by atoms with Crippen molar-refractivity contribution < 1.29 is 18.8 Å². The van der Waals surface area contributed by atoms with E-state index in [0.29, 0.717) is 37.9 Å². The third-order valence-corrected chi connectivity index (χ3v) is 3.58. The Morgan fingerprint density at radius 3 is 3.10 bits per heavy atom. The minimum atomic E-state index is -0.139. The molecular formula is C14H23N3O4. The molecule has 0 unspecified atom stereocenters. The smallest absolute Gasteiger partial charge is 0.307 e. The molecule has 1 fully saturated rings. The Hall–Kier alpha value is -1.47. The molecule has 0 saturated carbocycles. The van der Waals surface area contributed by atoms with Gasteiger partial charge >= 0.3 is 5.97 Å². The van der Waals surface area contributed by atoms with Crippen LogP contribution in [-0.4, -0.2) is 47.3 Å². The minimum Gasteiger partial charge on any atom is -0.466 e. The lowest BCUT2D eigenvalue weighted by Crippen LogP contribution is -2.40. The van der Waals surface area contributed by atoms with Crippen LogP contribution in [0, 0.1) is 0 Å². The van der Waals surface area contributed by atoms with Crippen molar-refractivity contribution in [1.29, 1.82) is 0 Å². The molecule has 1 aliphatic heterocycles. The monoisotopic (exact) mass is 297 g/mol. The number of rotatable bonds is 7. The molecular weight excluding hydrogens is 274 g/mol. The predicted molar refractivity (Wildman–Crippen MR) is 74.3 cm³/mol. The lowest BCUT2D eigenvalue weighted by atomic mass is 9.99. The van der Waals surface area contributed by atoms with Gasteiger partial charge in [0, 0.05) is 13.2 Å². The average molecular weight is 297 g/mol. The zero-order valence-electron chi connectivity index (χ0n) is 12.7. The summed E-state index contributed by atoms with van der Waals surface area (Å²) in [4.78, 5) is 18.2. The van der Waals surface area contributed by atoms with Gasteiger partial charge in [0.1, 0.15) is 6.61 Å². The van der Waals surface area contributed by atoms with E-state index >= 15 is 0 Å². The highest BCUT2D eigenvalue weighted by Gasteiger charge is 2.26. The second kappa shape index (κ2) is 8.09. The summed E-state index contributed by atoms with van der Waals surface area (Å²) in [5.41, 5.74) is 0. The highest BCUT2D eigenvalue weighted by Crippen LogP contribution is 2.22. The van der Waals surface area contributed by atoms with Crippen LogP contribution in [-0.2, 0) is 27.4 Å². The van der Waals surface area contributed by atoms with Crippen molar-refractivity contribution in [1.82, 2.24) is 15.0 Å². The van der Waals surface area contributed by atoms with Gasteiger partial charge in [0.2, 0.25) is 5.89 Å². The van der Waals surface area contributed by atoms with Crippen molar-refractivity contribution in [2.24, 2.45) is 0 Å². The first kappa shape index (κ1) is 15.9. The van der Waals surface area contributed by atoms with Gasteiger partial charge in [-0.25, -0.2) is 0 Å². The van der Waals surface area contributed by atoms with Gasteiger partial charge in [-0.05, 0) is 26.3 Å². The van der Waals surface area contributed by atoms with Crippen LogP contribution in [0.3, 0.4) is 0 Å². The highest BCUT2D eigenvalue weighted by atomic mass is 16.5. The Kier molecular flexibility index (Phi) is 6.13. The third kappa shape index (κ3) is 4.78. The number of likely N-dealkylation sites (tertiary alicyclic amines) is 1. The number of aromatic nitrogens is 2. The molecule has 21 heavy (non-hydrogen) atoms. The molecule has 1 atom stereocenters. The first-order valence-corrected chi connectivity index (χ1v) is 7.43. The van der Waals surface area contributed by atoms with Gasteiger partial charge in [0.15, 0.2) is 5.82 Å². The van der Waals surface area contributed by atoms with Gasteiger partial charge in [-0.15, -0.1) is 0 Å². The number of carbonyl (C=O) groups excluding carboxylic acids is 1. The molecule has 7 heteroatoms. The SMILES string of the molecule is CCOC(=O)C[C@H]1CCCCN1Cc1nc(COC)no1. The fraction of sp³-hybridized carbons (Fsp3) is 0.786. The topological polar surface area (TPSA) is 77.7 Å². The van der Waals surface area contributed by atoms with Crippen LogP contribution in [0.15, 0.2) is 4.52 Å². The maximum absolute atomic E-state index is 11.7. The van der Waals surface area contributed by atoms with E-state index in [2.05, 4.69) is 15.0 Å². The Morgan fingerprint density at radius 2 is 2.33 bits per heavy atom. The van der Waals surface area contributed by atoms with Crippen molar-refractivity contribution >= 4 is 5.97 Å². The van der Waals surface area contributed by atoms with E-state index in [0.717, 1.165) is 25.8 Å². The fourth-order valence-electron chi connectivity index (χ4n) is 2.63. The molecule has 1 aromatic heterocycles. The van der Waals surface area contributed by atoms with Crippen LogP contribution in [0.1, 0.15) is 44.3 Å². The van der Waals surface area contributed by atoms with E-state index < -0.39 is 0 Å². The first-order chi connectivity index (χ1) is 10.2. The summed E-state index contributed by atoms with van der Waals surface area (Å²) in [6.07, 6.45) is 3.68. The van der Waals surface area contributed by atoms with Crippen molar-refractivity contribution in [3.05, 3.63) is 11.7 Å². The Bertz CT molecular complexity index is 449. The zero-order chi connectivity index (χ0) is 15.1. The van der Waals surface area contributed by atoms with Crippen LogP contribution in [0.25, 0.3) is 0 Å². The van der Waals surface area contributed by atoms with Crippen LogP contribution >= 0.6 is 0 Å². The van der Waals surface area contributed by atoms with E-state index in [1.807, 2.05) is 6.92 Å². The number of carbonyl (C=O) groups is 1. The number of piperidine rings is 1. The normalized spacial score (nSPS) is 19.6. The standard InChI is InChI=1S/C14H23N3O4/c1-3-20-14(18)8-11-6-4-5-7-17(11)9-13-15-12(10-19-2)16-21-13/h11H,3-10H2,1-2H3/t11-/m1/s1. The van der Waals surface area contributed by atoms with Gasteiger partial charge in [0.05, 0.1) is 19.6 Å².